The molecule has 1 fully saturated rings. The maximum Gasteiger partial charge on any atom is 0.338 e. The molecule has 2 aliphatic heterocycles. The molecule has 2 atom stereocenters. The van der Waals surface area contributed by atoms with Crippen molar-refractivity contribution in [2.75, 3.05) is 23.4 Å². The number of imide groups is 1. The van der Waals surface area contributed by atoms with E-state index >= 15 is 0 Å². The van der Waals surface area contributed by atoms with Gasteiger partial charge in [-0.05, 0) is 49.4 Å². The first-order valence-corrected chi connectivity index (χ1v) is 10.2. The smallest absolute Gasteiger partial charge is 0.338 e. The van der Waals surface area contributed by atoms with Crippen LogP contribution in [0.15, 0.2) is 52.8 Å². The van der Waals surface area contributed by atoms with Crippen LogP contribution in [0.5, 0.6) is 0 Å². The van der Waals surface area contributed by atoms with Crippen LogP contribution in [0.3, 0.4) is 0 Å². The summed E-state index contributed by atoms with van der Waals surface area (Å²) in [5, 5.41) is 11.1. The zero-order chi connectivity index (χ0) is 23.7. The Morgan fingerprint density at radius 3 is 2.55 bits per heavy atom. The van der Waals surface area contributed by atoms with Gasteiger partial charge in [0.2, 0.25) is 5.91 Å². The van der Waals surface area contributed by atoms with E-state index < -0.39 is 41.6 Å². The first-order chi connectivity index (χ1) is 15.8. The Labute approximate surface area is 191 Å². The molecule has 4 rings (SSSR count). The number of hydrogen-bond acceptors (Lipinski definition) is 8. The van der Waals surface area contributed by atoms with Gasteiger partial charge in [-0.1, -0.05) is 16.8 Å². The van der Waals surface area contributed by atoms with Gasteiger partial charge in [0.25, 0.3) is 11.8 Å². The molecule has 10 nitrogen and oxygen atoms in total. The molecule has 0 aromatic heterocycles. The lowest BCUT2D eigenvalue weighted by Gasteiger charge is -2.20. The molecule has 2 aromatic carbocycles. The summed E-state index contributed by atoms with van der Waals surface area (Å²) < 4.78 is 18.4. The number of anilines is 2. The van der Waals surface area contributed by atoms with Gasteiger partial charge in [0.15, 0.2) is 12.1 Å². The Hall–Kier alpha value is -3.86. The van der Waals surface area contributed by atoms with Crippen LogP contribution >= 0.6 is 11.6 Å². The van der Waals surface area contributed by atoms with Gasteiger partial charge in [-0.2, -0.15) is 5.11 Å². The third-order valence-corrected chi connectivity index (χ3v) is 5.29. The van der Waals surface area contributed by atoms with Gasteiger partial charge in [0.05, 0.1) is 22.9 Å². The van der Waals surface area contributed by atoms with Gasteiger partial charge in [-0.25, -0.2) is 14.1 Å². The van der Waals surface area contributed by atoms with Crippen molar-refractivity contribution in [1.82, 2.24) is 5.01 Å². The van der Waals surface area contributed by atoms with Crippen molar-refractivity contribution in [1.29, 1.82) is 0 Å². The van der Waals surface area contributed by atoms with Crippen LogP contribution in [-0.4, -0.2) is 53.9 Å². The second kappa shape index (κ2) is 8.94. The zero-order valence-electron chi connectivity index (χ0n) is 17.2. The molecule has 1 saturated heterocycles. The maximum absolute atomic E-state index is 13.5. The van der Waals surface area contributed by atoms with E-state index in [0.29, 0.717) is 11.3 Å². The molecular formula is C21H17ClFN5O5. The standard InChI is InChI=1S/C21H17ClFN5O5/c1-2-33-21(32)11-3-5-12(6-4-11)24-16(29)10-27-18-17(25-26-27)19(30)28(20(18)31)13-7-8-15(23)14(22)9-13/h3-9,17-18H,2,10H2,1H3,(H,24,29)/t17-,18-/m0/s1. The Bertz CT molecular complexity index is 1170. The minimum atomic E-state index is -1.11. The molecule has 1 N–H and O–H groups in total. The molecule has 170 valence electrons. The van der Waals surface area contributed by atoms with Crippen molar-refractivity contribution in [3.05, 3.63) is 58.9 Å². The number of fused-ring (bicyclic) bond motifs is 1. The second-order valence-corrected chi connectivity index (χ2v) is 7.56. The molecule has 0 bridgehead atoms. The van der Waals surface area contributed by atoms with Crippen molar-refractivity contribution in [2.45, 2.75) is 19.0 Å². The van der Waals surface area contributed by atoms with E-state index in [0.717, 1.165) is 16.0 Å². The Balaban J connectivity index is 1.42. The molecular weight excluding hydrogens is 457 g/mol. The molecule has 2 aliphatic rings. The molecule has 0 saturated carbocycles. The number of esters is 1. The van der Waals surface area contributed by atoms with Gasteiger partial charge in [0.1, 0.15) is 12.4 Å². The number of amides is 3. The number of carbonyl (C=O) groups is 4. The summed E-state index contributed by atoms with van der Waals surface area (Å²) in [7, 11) is 0. The van der Waals surface area contributed by atoms with E-state index in [1.165, 1.54) is 36.4 Å². The van der Waals surface area contributed by atoms with Crippen LogP contribution in [0, 0.1) is 5.82 Å². The highest BCUT2D eigenvalue weighted by Gasteiger charge is 2.55. The fourth-order valence-corrected chi connectivity index (χ4v) is 3.66. The van der Waals surface area contributed by atoms with E-state index in [-0.39, 0.29) is 23.9 Å². The number of nitrogens with one attached hydrogen (secondary N) is 1. The average molecular weight is 474 g/mol. The summed E-state index contributed by atoms with van der Waals surface area (Å²) in [6.07, 6.45) is 0. The number of benzene rings is 2. The number of ether oxygens (including phenoxy) is 1. The number of rotatable bonds is 6. The molecule has 2 heterocycles. The topological polar surface area (TPSA) is 121 Å². The fourth-order valence-electron chi connectivity index (χ4n) is 3.48. The first-order valence-electron chi connectivity index (χ1n) is 9.87. The molecule has 33 heavy (non-hydrogen) atoms. The van der Waals surface area contributed by atoms with Crippen molar-refractivity contribution in [2.24, 2.45) is 10.3 Å². The minimum absolute atomic E-state index is 0.104. The molecule has 0 aliphatic carbocycles. The highest BCUT2D eigenvalue weighted by Crippen LogP contribution is 2.33. The summed E-state index contributed by atoms with van der Waals surface area (Å²) in [4.78, 5) is 50.7. The number of carbonyl (C=O) groups excluding carboxylic acids is 4. The normalized spacial score (nSPS) is 19.1. The quantitative estimate of drug-likeness (QED) is 0.508. The molecule has 0 unspecified atom stereocenters. The highest BCUT2D eigenvalue weighted by molar-refractivity contribution is 6.32. The lowest BCUT2D eigenvalue weighted by atomic mass is 10.1. The highest BCUT2D eigenvalue weighted by atomic mass is 35.5. The molecule has 2 aromatic rings. The Morgan fingerprint density at radius 2 is 1.88 bits per heavy atom. The van der Waals surface area contributed by atoms with Gasteiger partial charge in [-0.15, -0.1) is 0 Å². The second-order valence-electron chi connectivity index (χ2n) is 7.15. The van der Waals surface area contributed by atoms with Crippen molar-refractivity contribution >= 4 is 46.7 Å². The molecule has 0 radical (unpaired) electrons. The van der Waals surface area contributed by atoms with Crippen molar-refractivity contribution in [3.8, 4) is 0 Å². The van der Waals surface area contributed by atoms with Crippen molar-refractivity contribution < 1.29 is 28.3 Å². The van der Waals surface area contributed by atoms with E-state index in [2.05, 4.69) is 15.7 Å². The van der Waals surface area contributed by atoms with E-state index in [4.69, 9.17) is 16.3 Å². The third kappa shape index (κ3) is 4.27. The zero-order valence-corrected chi connectivity index (χ0v) is 18.0. The first kappa shape index (κ1) is 22.3. The predicted molar refractivity (Wildman–Crippen MR) is 114 cm³/mol. The van der Waals surface area contributed by atoms with Gasteiger partial charge >= 0.3 is 5.97 Å². The van der Waals surface area contributed by atoms with Gasteiger partial charge < -0.3 is 10.1 Å². The van der Waals surface area contributed by atoms with Crippen LogP contribution in [0.4, 0.5) is 15.8 Å². The molecule has 3 amide bonds. The summed E-state index contributed by atoms with van der Waals surface area (Å²) >= 11 is 5.77. The number of hydrogen-bond donors (Lipinski definition) is 1. The van der Waals surface area contributed by atoms with E-state index in [9.17, 15) is 23.6 Å². The summed E-state index contributed by atoms with van der Waals surface area (Å²) in [6.45, 7) is 1.60. The van der Waals surface area contributed by atoms with E-state index in [1.807, 2.05) is 0 Å². The summed E-state index contributed by atoms with van der Waals surface area (Å²) in [5.41, 5.74) is 0.853. The van der Waals surface area contributed by atoms with E-state index in [1.54, 1.807) is 6.92 Å². The number of halogens is 2. The Kier molecular flexibility index (Phi) is 6.05. The summed E-state index contributed by atoms with van der Waals surface area (Å²) in [6, 6.07) is 7.33. The summed E-state index contributed by atoms with van der Waals surface area (Å²) in [5.74, 6) is -2.97. The predicted octanol–water partition coefficient (Wildman–Crippen LogP) is 2.59. The SMILES string of the molecule is CCOC(=O)c1ccc(NC(=O)CN2N=N[C@@H]3C(=O)N(c4ccc(F)c(Cl)c4)C(=O)[C@H]32)cc1. The van der Waals surface area contributed by atoms with Crippen LogP contribution in [-0.2, 0) is 19.1 Å². The third-order valence-electron chi connectivity index (χ3n) is 5.00. The van der Waals surface area contributed by atoms with Crippen LogP contribution in [0.2, 0.25) is 5.02 Å². The Morgan fingerprint density at radius 1 is 1.15 bits per heavy atom. The monoisotopic (exact) mass is 473 g/mol. The average Bonchev–Trinajstić information content (AvgIpc) is 3.30. The lowest BCUT2D eigenvalue weighted by molar-refractivity contribution is -0.123. The van der Waals surface area contributed by atoms with Crippen LogP contribution in [0.1, 0.15) is 17.3 Å². The molecule has 0 spiro atoms. The van der Waals surface area contributed by atoms with Gasteiger partial charge in [-0.3, -0.25) is 19.4 Å². The van der Waals surface area contributed by atoms with Crippen LogP contribution in [0.25, 0.3) is 0 Å². The number of nitrogens with zero attached hydrogens (tertiary/aromatic N) is 4. The molecule has 12 heteroatoms. The largest absolute Gasteiger partial charge is 0.462 e. The van der Waals surface area contributed by atoms with Crippen molar-refractivity contribution in [3.63, 3.8) is 0 Å². The van der Waals surface area contributed by atoms with Gasteiger partial charge in [0, 0.05) is 5.69 Å². The minimum Gasteiger partial charge on any atom is -0.462 e. The fraction of sp³-hybridized carbons (Fsp3) is 0.238. The van der Waals surface area contributed by atoms with Crippen LogP contribution < -0.4 is 10.2 Å². The maximum atomic E-state index is 13.5. The lowest BCUT2D eigenvalue weighted by Crippen LogP contribution is -2.43.